The van der Waals surface area contributed by atoms with E-state index in [0.29, 0.717) is 28.2 Å². The van der Waals surface area contributed by atoms with Gasteiger partial charge in [0.15, 0.2) is 0 Å². The van der Waals surface area contributed by atoms with E-state index >= 15 is 0 Å². The van der Waals surface area contributed by atoms with Crippen molar-refractivity contribution >= 4 is 23.2 Å². The van der Waals surface area contributed by atoms with Crippen molar-refractivity contribution in [2.45, 2.75) is 0 Å². The Labute approximate surface area is 127 Å². The van der Waals surface area contributed by atoms with Gasteiger partial charge in [0.1, 0.15) is 17.3 Å². The van der Waals surface area contributed by atoms with E-state index in [0.717, 1.165) is 0 Å². The Balaban J connectivity index is 2.14. The molecule has 0 fully saturated rings. The molecule has 112 valence electrons. The number of carbonyl (C=O) groups excluding carboxylic acids is 1. The molecule has 1 aliphatic rings. The molecule has 1 aliphatic heterocycles. The third-order valence-corrected chi connectivity index (χ3v) is 3.52. The third-order valence-electron chi connectivity index (χ3n) is 3.52. The van der Waals surface area contributed by atoms with Crippen molar-refractivity contribution in [3.05, 3.63) is 53.3 Å². The molecule has 1 amide bonds. The normalized spacial score (nSPS) is 14.7. The minimum absolute atomic E-state index is 0.209. The van der Waals surface area contributed by atoms with E-state index in [1.165, 1.54) is 6.07 Å². The largest absolute Gasteiger partial charge is 0.497 e. The van der Waals surface area contributed by atoms with Gasteiger partial charge in [0.25, 0.3) is 5.91 Å². The molecule has 0 aromatic heterocycles. The molecule has 22 heavy (non-hydrogen) atoms. The Bertz CT molecular complexity index is 783. The Kier molecular flexibility index (Phi) is 3.55. The summed E-state index contributed by atoms with van der Waals surface area (Å²) in [5, 5.41) is 2.55. The molecule has 0 spiro atoms. The molecule has 4 nitrogen and oxygen atoms in total. The fourth-order valence-electron chi connectivity index (χ4n) is 2.43. The fraction of sp³-hybridized carbons (Fsp3) is 0.118. The van der Waals surface area contributed by atoms with Crippen molar-refractivity contribution in [3.63, 3.8) is 0 Å². The van der Waals surface area contributed by atoms with Crippen LogP contribution in [-0.4, -0.2) is 20.1 Å². The second-order valence-electron chi connectivity index (χ2n) is 4.78. The van der Waals surface area contributed by atoms with Gasteiger partial charge in [0, 0.05) is 16.7 Å². The molecule has 0 saturated heterocycles. The molecular weight excluding hydrogens is 285 g/mol. The van der Waals surface area contributed by atoms with E-state index < -0.39 is 5.82 Å². The first-order valence-electron chi connectivity index (χ1n) is 6.68. The second-order valence-corrected chi connectivity index (χ2v) is 4.78. The fourth-order valence-corrected chi connectivity index (χ4v) is 2.43. The summed E-state index contributed by atoms with van der Waals surface area (Å²) in [6, 6.07) is 9.87. The second kappa shape index (κ2) is 5.52. The number of nitrogens with one attached hydrogen (secondary N) is 1. The number of halogens is 1. The SMILES string of the molecule is COc1ccc(OC)c(C=C2C(=O)Nc3c(F)cccc32)c1. The van der Waals surface area contributed by atoms with Gasteiger partial charge in [-0.15, -0.1) is 0 Å². The monoisotopic (exact) mass is 299 g/mol. The molecule has 1 N–H and O–H groups in total. The average Bonchev–Trinajstić information content (AvgIpc) is 2.85. The van der Waals surface area contributed by atoms with Gasteiger partial charge in [0.05, 0.1) is 19.9 Å². The molecule has 2 aromatic carbocycles. The van der Waals surface area contributed by atoms with Gasteiger partial charge in [0.2, 0.25) is 0 Å². The summed E-state index contributed by atoms with van der Waals surface area (Å²) < 4.78 is 24.2. The predicted molar refractivity (Wildman–Crippen MR) is 82.4 cm³/mol. The number of carbonyl (C=O) groups is 1. The van der Waals surface area contributed by atoms with Crippen molar-refractivity contribution in [2.24, 2.45) is 0 Å². The van der Waals surface area contributed by atoms with Gasteiger partial charge in [-0.25, -0.2) is 4.39 Å². The van der Waals surface area contributed by atoms with Crippen LogP contribution in [0.5, 0.6) is 11.5 Å². The molecule has 0 unspecified atom stereocenters. The first-order valence-corrected chi connectivity index (χ1v) is 6.68. The maximum Gasteiger partial charge on any atom is 0.256 e. The minimum atomic E-state index is -0.452. The van der Waals surface area contributed by atoms with Gasteiger partial charge >= 0.3 is 0 Å². The highest BCUT2D eigenvalue weighted by Gasteiger charge is 2.26. The topological polar surface area (TPSA) is 47.6 Å². The lowest BCUT2D eigenvalue weighted by molar-refractivity contribution is -0.110. The van der Waals surface area contributed by atoms with Crippen LogP contribution in [0.3, 0.4) is 0 Å². The van der Waals surface area contributed by atoms with Gasteiger partial charge < -0.3 is 14.8 Å². The standard InChI is InChI=1S/C17H14FNO3/c1-21-11-6-7-15(22-2)10(8-11)9-13-12-4-3-5-14(18)16(12)19-17(13)20/h3-9H,1-2H3,(H,19,20). The average molecular weight is 299 g/mol. The highest BCUT2D eigenvalue weighted by atomic mass is 19.1. The molecule has 5 heteroatoms. The highest BCUT2D eigenvalue weighted by molar-refractivity contribution is 6.35. The summed E-state index contributed by atoms with van der Waals surface area (Å²) in [5.74, 6) is 0.452. The molecule has 3 rings (SSSR count). The van der Waals surface area contributed by atoms with E-state index in [2.05, 4.69) is 5.32 Å². The Hall–Kier alpha value is -2.82. The number of methoxy groups -OCH3 is 2. The maximum absolute atomic E-state index is 13.8. The number of ether oxygens (including phenoxy) is 2. The van der Waals surface area contributed by atoms with Crippen LogP contribution in [0.2, 0.25) is 0 Å². The number of benzene rings is 2. The number of fused-ring (bicyclic) bond motifs is 1. The van der Waals surface area contributed by atoms with Crippen LogP contribution in [0.15, 0.2) is 36.4 Å². The maximum atomic E-state index is 13.8. The number of amides is 1. The van der Waals surface area contributed by atoms with E-state index in [4.69, 9.17) is 9.47 Å². The number of para-hydroxylation sites is 1. The molecule has 0 aliphatic carbocycles. The number of hydrogen-bond donors (Lipinski definition) is 1. The zero-order valence-electron chi connectivity index (χ0n) is 12.1. The van der Waals surface area contributed by atoms with Crippen LogP contribution in [-0.2, 0) is 4.79 Å². The Morgan fingerprint density at radius 2 is 1.95 bits per heavy atom. The van der Waals surface area contributed by atoms with Gasteiger partial charge in [-0.2, -0.15) is 0 Å². The number of hydrogen-bond acceptors (Lipinski definition) is 3. The van der Waals surface area contributed by atoms with Crippen LogP contribution in [0.1, 0.15) is 11.1 Å². The molecule has 0 atom stereocenters. The molecule has 2 aromatic rings. The quantitative estimate of drug-likeness (QED) is 0.884. The third kappa shape index (κ3) is 2.30. The van der Waals surface area contributed by atoms with Crippen molar-refractivity contribution in [1.29, 1.82) is 0 Å². The van der Waals surface area contributed by atoms with Crippen LogP contribution >= 0.6 is 0 Å². The first kappa shape index (κ1) is 14.1. The van der Waals surface area contributed by atoms with Crippen molar-refractivity contribution in [2.75, 3.05) is 19.5 Å². The number of anilines is 1. The number of rotatable bonds is 3. The summed E-state index contributed by atoms with van der Waals surface area (Å²) in [4.78, 5) is 12.1. The summed E-state index contributed by atoms with van der Waals surface area (Å²) in [6.45, 7) is 0. The van der Waals surface area contributed by atoms with E-state index in [9.17, 15) is 9.18 Å². The lowest BCUT2D eigenvalue weighted by Crippen LogP contribution is -2.04. The van der Waals surface area contributed by atoms with E-state index in [1.807, 2.05) is 0 Å². The zero-order chi connectivity index (χ0) is 15.7. The van der Waals surface area contributed by atoms with Gasteiger partial charge in [-0.05, 0) is 30.3 Å². The van der Waals surface area contributed by atoms with Crippen molar-refractivity contribution in [3.8, 4) is 11.5 Å². The van der Waals surface area contributed by atoms with Crippen LogP contribution in [0, 0.1) is 5.82 Å². The van der Waals surface area contributed by atoms with Crippen molar-refractivity contribution < 1.29 is 18.7 Å². The van der Waals surface area contributed by atoms with Crippen LogP contribution < -0.4 is 14.8 Å². The van der Waals surface area contributed by atoms with E-state index in [-0.39, 0.29) is 11.6 Å². The summed E-state index contributed by atoms with van der Waals surface area (Å²) in [6.07, 6.45) is 1.67. The predicted octanol–water partition coefficient (Wildman–Crippen LogP) is 3.34. The molecule has 0 saturated carbocycles. The van der Waals surface area contributed by atoms with E-state index in [1.54, 1.807) is 50.6 Å². The smallest absolute Gasteiger partial charge is 0.256 e. The molecule has 1 heterocycles. The zero-order valence-corrected chi connectivity index (χ0v) is 12.1. The summed E-state index contributed by atoms with van der Waals surface area (Å²) in [5.41, 5.74) is 1.82. The summed E-state index contributed by atoms with van der Waals surface area (Å²) >= 11 is 0. The molecule has 0 radical (unpaired) electrons. The minimum Gasteiger partial charge on any atom is -0.497 e. The van der Waals surface area contributed by atoms with Crippen molar-refractivity contribution in [1.82, 2.24) is 0 Å². The Morgan fingerprint density at radius 1 is 1.14 bits per heavy atom. The lowest BCUT2D eigenvalue weighted by Gasteiger charge is -2.08. The highest BCUT2D eigenvalue weighted by Crippen LogP contribution is 2.36. The summed E-state index contributed by atoms with van der Waals surface area (Å²) in [7, 11) is 3.11. The first-order chi connectivity index (χ1) is 10.6. The van der Waals surface area contributed by atoms with Crippen LogP contribution in [0.4, 0.5) is 10.1 Å². The molecular formula is C17H14FNO3. The molecule has 0 bridgehead atoms. The van der Waals surface area contributed by atoms with Crippen LogP contribution in [0.25, 0.3) is 11.6 Å². The van der Waals surface area contributed by atoms with Gasteiger partial charge in [-0.3, -0.25) is 4.79 Å². The van der Waals surface area contributed by atoms with Gasteiger partial charge in [-0.1, -0.05) is 12.1 Å². The Morgan fingerprint density at radius 3 is 2.68 bits per heavy atom. The lowest BCUT2D eigenvalue weighted by atomic mass is 10.0.